The zero-order valence-electron chi connectivity index (χ0n) is 18.3. The molecule has 2 aliphatic rings. The van der Waals surface area contributed by atoms with Crippen LogP contribution in [0.2, 0.25) is 0 Å². The smallest absolute Gasteiger partial charge is 0.315 e. The van der Waals surface area contributed by atoms with Gasteiger partial charge in [-0.1, -0.05) is 12.1 Å². The molecule has 0 bridgehead atoms. The molecule has 0 spiro atoms. The lowest BCUT2D eigenvalue weighted by atomic mass is 9.82. The number of hydrogen-bond acceptors (Lipinski definition) is 6. The van der Waals surface area contributed by atoms with E-state index in [4.69, 9.17) is 14.2 Å². The number of methoxy groups -OCH3 is 2. The number of nitrogens with zero attached hydrogens (tertiary/aromatic N) is 2. The van der Waals surface area contributed by atoms with Gasteiger partial charge in [-0.15, -0.1) is 0 Å². The van der Waals surface area contributed by atoms with E-state index in [9.17, 15) is 10.1 Å². The van der Waals surface area contributed by atoms with E-state index in [1.165, 1.54) is 0 Å². The van der Waals surface area contributed by atoms with Crippen LogP contribution in [0.5, 0.6) is 11.5 Å². The minimum Gasteiger partial charge on any atom is -0.493 e. The largest absolute Gasteiger partial charge is 0.493 e. The van der Waals surface area contributed by atoms with Gasteiger partial charge in [0.05, 0.1) is 38.5 Å². The molecule has 0 fully saturated rings. The van der Waals surface area contributed by atoms with Gasteiger partial charge in [-0.25, -0.2) is 0 Å². The van der Waals surface area contributed by atoms with Crippen molar-refractivity contribution >= 4 is 11.5 Å². The van der Waals surface area contributed by atoms with Gasteiger partial charge < -0.3 is 19.1 Å². The highest BCUT2D eigenvalue weighted by molar-refractivity contribution is 5.92. The standard InChI is InChI=1S/C25H26N2O4/c1-5-31-25(28)23-22(18-8-6-7-16(11-18)14-26)15(2)27-10-9-17-12-20(29-3)21(30-4)13-19(17)24(23)27/h6-8,11-13,23-24H,5,9-10H2,1-4H3. The molecule has 0 N–H and O–H groups in total. The molecule has 0 saturated carbocycles. The van der Waals surface area contributed by atoms with E-state index in [2.05, 4.69) is 11.0 Å². The predicted molar refractivity (Wildman–Crippen MR) is 117 cm³/mol. The molecule has 2 aromatic rings. The van der Waals surface area contributed by atoms with E-state index in [1.807, 2.05) is 44.2 Å². The third-order valence-corrected chi connectivity index (χ3v) is 6.21. The molecular formula is C25H26N2O4. The van der Waals surface area contributed by atoms with Crippen molar-refractivity contribution in [3.05, 3.63) is 64.3 Å². The number of hydrogen-bond donors (Lipinski definition) is 0. The van der Waals surface area contributed by atoms with Crippen LogP contribution in [0.3, 0.4) is 0 Å². The van der Waals surface area contributed by atoms with Crippen molar-refractivity contribution in [1.29, 1.82) is 5.26 Å². The van der Waals surface area contributed by atoms with Crippen LogP contribution in [0.4, 0.5) is 0 Å². The van der Waals surface area contributed by atoms with Crippen molar-refractivity contribution in [2.45, 2.75) is 26.3 Å². The van der Waals surface area contributed by atoms with Crippen molar-refractivity contribution in [2.75, 3.05) is 27.4 Å². The number of carbonyl (C=O) groups is 1. The quantitative estimate of drug-likeness (QED) is 0.681. The summed E-state index contributed by atoms with van der Waals surface area (Å²) < 4.78 is 16.6. The topological polar surface area (TPSA) is 71.8 Å². The Morgan fingerprint density at radius 1 is 1.19 bits per heavy atom. The average Bonchev–Trinajstić information content (AvgIpc) is 3.11. The second-order valence-corrected chi connectivity index (χ2v) is 7.72. The minimum atomic E-state index is -0.494. The Bertz CT molecular complexity index is 1100. The van der Waals surface area contributed by atoms with Crippen molar-refractivity contribution in [1.82, 2.24) is 4.90 Å². The highest BCUT2D eigenvalue weighted by Gasteiger charge is 2.47. The highest BCUT2D eigenvalue weighted by atomic mass is 16.5. The van der Waals surface area contributed by atoms with E-state index >= 15 is 0 Å². The first kappa shape index (κ1) is 20.8. The van der Waals surface area contributed by atoms with Gasteiger partial charge in [-0.05, 0) is 66.8 Å². The van der Waals surface area contributed by atoms with Gasteiger partial charge in [-0.2, -0.15) is 5.26 Å². The Morgan fingerprint density at radius 3 is 2.61 bits per heavy atom. The van der Waals surface area contributed by atoms with E-state index < -0.39 is 5.92 Å². The molecule has 0 aliphatic carbocycles. The minimum absolute atomic E-state index is 0.191. The molecule has 0 aromatic heterocycles. The summed E-state index contributed by atoms with van der Waals surface area (Å²) >= 11 is 0. The fourth-order valence-corrected chi connectivity index (χ4v) is 4.87. The number of nitriles is 1. The van der Waals surface area contributed by atoms with Crippen LogP contribution in [0.1, 0.15) is 42.1 Å². The Labute approximate surface area is 182 Å². The van der Waals surface area contributed by atoms with Crippen LogP contribution >= 0.6 is 0 Å². The molecule has 2 unspecified atom stereocenters. The molecule has 31 heavy (non-hydrogen) atoms. The molecule has 0 radical (unpaired) electrons. The molecule has 2 heterocycles. The van der Waals surface area contributed by atoms with E-state index in [1.54, 1.807) is 20.3 Å². The molecule has 6 heteroatoms. The lowest BCUT2D eigenvalue weighted by molar-refractivity contribution is -0.147. The predicted octanol–water partition coefficient (Wildman–Crippen LogP) is 4.10. The fraction of sp³-hybridized carbons (Fsp3) is 0.360. The Balaban J connectivity index is 1.89. The molecule has 4 rings (SSSR count). The summed E-state index contributed by atoms with van der Waals surface area (Å²) in [5.41, 5.74) is 5.60. The molecule has 2 aliphatic heterocycles. The van der Waals surface area contributed by atoms with Gasteiger partial charge in [0.2, 0.25) is 0 Å². The van der Waals surface area contributed by atoms with Gasteiger partial charge in [-0.3, -0.25) is 4.79 Å². The zero-order valence-corrected chi connectivity index (χ0v) is 18.3. The summed E-state index contributed by atoms with van der Waals surface area (Å²) in [5.74, 6) is 0.579. The maximum atomic E-state index is 13.3. The molecule has 2 aromatic carbocycles. The van der Waals surface area contributed by atoms with Crippen LogP contribution in [0.25, 0.3) is 5.57 Å². The summed E-state index contributed by atoms with van der Waals surface area (Å²) in [6, 6.07) is 13.4. The maximum absolute atomic E-state index is 13.3. The van der Waals surface area contributed by atoms with Gasteiger partial charge in [0, 0.05) is 12.2 Å². The van der Waals surface area contributed by atoms with Gasteiger partial charge in [0.1, 0.15) is 5.92 Å². The van der Waals surface area contributed by atoms with Crippen LogP contribution in [-0.2, 0) is 16.0 Å². The van der Waals surface area contributed by atoms with Crippen LogP contribution in [-0.4, -0.2) is 38.2 Å². The summed E-state index contributed by atoms with van der Waals surface area (Å²) in [5, 5.41) is 9.38. The maximum Gasteiger partial charge on any atom is 0.315 e. The molecular weight excluding hydrogens is 392 g/mol. The number of allylic oxidation sites excluding steroid dienone is 1. The normalized spacial score (nSPS) is 19.4. The summed E-state index contributed by atoms with van der Waals surface area (Å²) in [4.78, 5) is 15.5. The number of ether oxygens (including phenoxy) is 3. The number of carbonyl (C=O) groups excluding carboxylic acids is 1. The summed E-state index contributed by atoms with van der Waals surface area (Å²) in [6.45, 7) is 4.97. The monoisotopic (exact) mass is 418 g/mol. The molecule has 2 atom stereocenters. The van der Waals surface area contributed by atoms with E-state index in [-0.39, 0.29) is 12.0 Å². The van der Waals surface area contributed by atoms with Gasteiger partial charge in [0.25, 0.3) is 0 Å². The van der Waals surface area contributed by atoms with Crippen molar-refractivity contribution in [3.8, 4) is 17.6 Å². The average molecular weight is 418 g/mol. The number of fused-ring (bicyclic) bond motifs is 3. The first-order valence-corrected chi connectivity index (χ1v) is 10.4. The van der Waals surface area contributed by atoms with Gasteiger partial charge >= 0.3 is 5.97 Å². The van der Waals surface area contributed by atoms with Crippen LogP contribution < -0.4 is 9.47 Å². The number of esters is 1. The van der Waals surface area contributed by atoms with Gasteiger partial charge in [0.15, 0.2) is 11.5 Å². The second-order valence-electron chi connectivity index (χ2n) is 7.72. The van der Waals surface area contributed by atoms with Crippen molar-refractivity contribution in [2.24, 2.45) is 5.92 Å². The Morgan fingerprint density at radius 2 is 1.94 bits per heavy atom. The van der Waals surface area contributed by atoms with Crippen LogP contribution in [0.15, 0.2) is 42.1 Å². The third kappa shape index (κ3) is 3.40. The Hall–Kier alpha value is -3.46. The van der Waals surface area contributed by atoms with E-state index in [0.29, 0.717) is 23.7 Å². The lowest BCUT2D eigenvalue weighted by Gasteiger charge is -2.37. The molecule has 0 amide bonds. The van der Waals surface area contributed by atoms with Crippen LogP contribution in [0, 0.1) is 17.2 Å². The summed E-state index contributed by atoms with van der Waals surface area (Å²) in [7, 11) is 3.24. The first-order valence-electron chi connectivity index (χ1n) is 10.4. The Kier molecular flexibility index (Phi) is 5.60. The van der Waals surface area contributed by atoms with E-state index in [0.717, 1.165) is 40.9 Å². The molecule has 6 nitrogen and oxygen atoms in total. The molecule has 160 valence electrons. The first-order chi connectivity index (χ1) is 15.0. The fourth-order valence-electron chi connectivity index (χ4n) is 4.87. The van der Waals surface area contributed by atoms with Crippen molar-refractivity contribution < 1.29 is 19.0 Å². The second kappa shape index (κ2) is 8.35. The lowest BCUT2D eigenvalue weighted by Crippen LogP contribution is -2.36. The summed E-state index contributed by atoms with van der Waals surface area (Å²) in [6.07, 6.45) is 0.838. The third-order valence-electron chi connectivity index (χ3n) is 6.21. The molecule has 0 saturated heterocycles. The zero-order chi connectivity index (χ0) is 22.1. The van der Waals surface area contributed by atoms with Crippen molar-refractivity contribution in [3.63, 3.8) is 0 Å². The highest BCUT2D eigenvalue weighted by Crippen LogP contribution is 2.52. The number of rotatable bonds is 5. The number of benzene rings is 2. The SMILES string of the molecule is CCOC(=O)C1C(c2cccc(C#N)c2)=C(C)N2CCc3cc(OC)c(OC)cc3C12.